The molecule has 0 fully saturated rings. The molecule has 3 atom stereocenters. The van der Waals surface area contributed by atoms with Crippen molar-refractivity contribution < 1.29 is 13.2 Å². The minimum absolute atomic E-state index is 0.149. The van der Waals surface area contributed by atoms with Crippen molar-refractivity contribution in [3.63, 3.8) is 0 Å². The van der Waals surface area contributed by atoms with Crippen LogP contribution < -0.4 is 14.8 Å². The van der Waals surface area contributed by atoms with E-state index in [1.54, 1.807) is 24.3 Å². The van der Waals surface area contributed by atoms with Crippen LogP contribution >= 0.6 is 15.9 Å². The average Bonchev–Trinajstić information content (AvgIpc) is 3.29. The number of hydrogen-bond donors (Lipinski definition) is 2. The Morgan fingerprint density at radius 2 is 1.91 bits per heavy atom. The number of allylic oxidation sites excluding steroid dienone is 2. The number of nitrogens with one attached hydrogen (secondary N) is 2. The van der Waals surface area contributed by atoms with Gasteiger partial charge in [-0.1, -0.05) is 46.3 Å². The Labute approximate surface area is 203 Å². The maximum absolute atomic E-state index is 13.1. The predicted octanol–water partition coefficient (Wildman–Crippen LogP) is 6.48. The fraction of sp³-hybridized carbons (Fsp3) is 0.231. The number of halogens is 1. The van der Waals surface area contributed by atoms with Gasteiger partial charge in [-0.2, -0.15) is 0 Å². The van der Waals surface area contributed by atoms with E-state index in [2.05, 4.69) is 50.3 Å². The van der Waals surface area contributed by atoms with Crippen LogP contribution in [0.2, 0.25) is 0 Å². The molecule has 5 nitrogen and oxygen atoms in total. The number of sulfonamides is 1. The van der Waals surface area contributed by atoms with Crippen molar-refractivity contribution in [3.8, 4) is 5.75 Å². The molecular weight excluding hydrogens is 500 g/mol. The molecule has 5 rings (SSSR count). The normalized spacial score (nSPS) is 21.1. The summed E-state index contributed by atoms with van der Waals surface area (Å²) in [5.74, 6) is 1.36. The summed E-state index contributed by atoms with van der Waals surface area (Å²) in [4.78, 5) is 0.265. The third kappa shape index (κ3) is 4.39. The summed E-state index contributed by atoms with van der Waals surface area (Å²) in [6.45, 7) is 2.62. The highest BCUT2D eigenvalue weighted by Crippen LogP contribution is 2.50. The van der Waals surface area contributed by atoms with Crippen molar-refractivity contribution in [2.75, 3.05) is 16.6 Å². The molecule has 7 heteroatoms. The Hall–Kier alpha value is -2.77. The van der Waals surface area contributed by atoms with E-state index in [9.17, 15) is 8.42 Å². The zero-order valence-corrected chi connectivity index (χ0v) is 20.6. The Bertz CT molecular complexity index is 1310. The van der Waals surface area contributed by atoms with Gasteiger partial charge in [-0.25, -0.2) is 8.42 Å². The molecule has 1 aliphatic heterocycles. The highest BCUT2D eigenvalue weighted by atomic mass is 79.9. The molecule has 0 aromatic heterocycles. The van der Waals surface area contributed by atoms with E-state index in [0.29, 0.717) is 18.2 Å². The molecule has 1 heterocycles. The molecular formula is C26H25BrN2O3S. The number of fused-ring (bicyclic) bond motifs is 3. The van der Waals surface area contributed by atoms with E-state index in [1.807, 2.05) is 37.3 Å². The molecule has 0 unspecified atom stereocenters. The average molecular weight is 525 g/mol. The second-order valence-electron chi connectivity index (χ2n) is 8.34. The van der Waals surface area contributed by atoms with Crippen molar-refractivity contribution >= 4 is 37.3 Å². The Balaban J connectivity index is 1.45. The first kappa shape index (κ1) is 22.0. The van der Waals surface area contributed by atoms with Crippen molar-refractivity contribution in [3.05, 3.63) is 94.5 Å². The first-order valence-electron chi connectivity index (χ1n) is 11.0. The van der Waals surface area contributed by atoms with Gasteiger partial charge in [0.1, 0.15) is 5.75 Å². The predicted molar refractivity (Wildman–Crippen MR) is 135 cm³/mol. The van der Waals surface area contributed by atoms with E-state index >= 15 is 0 Å². The number of hydrogen-bond acceptors (Lipinski definition) is 4. The third-order valence-corrected chi connectivity index (χ3v) is 8.14. The zero-order valence-electron chi connectivity index (χ0n) is 18.2. The first-order chi connectivity index (χ1) is 15.9. The standard InChI is InChI=1S/C26H25BrN2O3S/c1-2-32-20-11-9-17(10-12-20)26-23-8-4-7-22(23)24-16-21(13-14-25(24)28-26)33(30,31)29-19-6-3-5-18(27)15-19/h3-7,9-16,22-23,26,28-29H,2,8H2,1H3/t22-,23+,26+/m0/s1. The van der Waals surface area contributed by atoms with Gasteiger partial charge in [0.05, 0.1) is 17.5 Å². The van der Waals surface area contributed by atoms with Gasteiger partial charge in [-0.05, 0) is 78.9 Å². The Kier molecular flexibility index (Phi) is 5.93. The second kappa shape index (κ2) is 8.88. The third-order valence-electron chi connectivity index (χ3n) is 6.27. The molecule has 0 bridgehead atoms. The fourth-order valence-corrected chi connectivity index (χ4v) is 6.26. The first-order valence-corrected chi connectivity index (χ1v) is 13.3. The quantitative estimate of drug-likeness (QED) is 0.362. The van der Waals surface area contributed by atoms with Gasteiger partial charge in [0, 0.05) is 21.8 Å². The molecule has 0 saturated carbocycles. The van der Waals surface area contributed by atoms with E-state index in [4.69, 9.17) is 4.74 Å². The maximum Gasteiger partial charge on any atom is 0.261 e. The Morgan fingerprint density at radius 1 is 1.09 bits per heavy atom. The lowest BCUT2D eigenvalue weighted by molar-refractivity contribution is 0.340. The molecule has 0 saturated heterocycles. The zero-order chi connectivity index (χ0) is 23.0. The molecule has 3 aromatic rings. The van der Waals surface area contributed by atoms with Gasteiger partial charge in [0.25, 0.3) is 10.0 Å². The van der Waals surface area contributed by atoms with E-state index in [0.717, 1.165) is 27.9 Å². The summed E-state index contributed by atoms with van der Waals surface area (Å²) < 4.78 is 35.3. The van der Waals surface area contributed by atoms with Crippen LogP contribution in [-0.2, 0) is 10.0 Å². The molecule has 1 aliphatic carbocycles. The molecule has 3 aromatic carbocycles. The minimum Gasteiger partial charge on any atom is -0.494 e. The summed E-state index contributed by atoms with van der Waals surface area (Å²) in [5.41, 5.74) is 3.72. The summed E-state index contributed by atoms with van der Waals surface area (Å²) in [5, 5.41) is 3.67. The van der Waals surface area contributed by atoms with Gasteiger partial charge in [-0.15, -0.1) is 0 Å². The van der Waals surface area contributed by atoms with Crippen molar-refractivity contribution in [2.24, 2.45) is 5.92 Å². The smallest absolute Gasteiger partial charge is 0.261 e. The summed E-state index contributed by atoms with van der Waals surface area (Å²) in [6, 6.07) is 20.9. The summed E-state index contributed by atoms with van der Waals surface area (Å²) >= 11 is 3.38. The van der Waals surface area contributed by atoms with Crippen molar-refractivity contribution in [2.45, 2.75) is 30.2 Å². The molecule has 2 N–H and O–H groups in total. The lowest BCUT2D eigenvalue weighted by Crippen LogP contribution is -2.29. The van der Waals surface area contributed by atoms with Crippen LogP contribution in [0.5, 0.6) is 5.75 Å². The molecule has 2 aliphatic rings. The van der Waals surface area contributed by atoms with Crippen LogP contribution in [0.3, 0.4) is 0 Å². The fourth-order valence-electron chi connectivity index (χ4n) is 4.77. The second-order valence-corrected chi connectivity index (χ2v) is 10.9. The van der Waals surface area contributed by atoms with E-state index < -0.39 is 10.0 Å². The lowest BCUT2D eigenvalue weighted by Gasteiger charge is -2.37. The number of anilines is 2. The largest absolute Gasteiger partial charge is 0.494 e. The van der Waals surface area contributed by atoms with Gasteiger partial charge >= 0.3 is 0 Å². The Morgan fingerprint density at radius 3 is 2.67 bits per heavy atom. The number of benzene rings is 3. The molecule has 33 heavy (non-hydrogen) atoms. The molecule has 0 radical (unpaired) electrons. The van der Waals surface area contributed by atoms with Gasteiger partial charge in [0.15, 0.2) is 0 Å². The maximum atomic E-state index is 13.1. The molecule has 0 spiro atoms. The van der Waals surface area contributed by atoms with E-state index in [-0.39, 0.29) is 16.9 Å². The van der Waals surface area contributed by atoms with Gasteiger partial charge in [0.2, 0.25) is 0 Å². The highest BCUT2D eigenvalue weighted by molar-refractivity contribution is 9.10. The van der Waals surface area contributed by atoms with Crippen LogP contribution in [0.15, 0.2) is 88.3 Å². The number of ether oxygens (including phenoxy) is 1. The molecule has 170 valence electrons. The monoisotopic (exact) mass is 524 g/mol. The van der Waals surface area contributed by atoms with Crippen LogP contribution in [0.1, 0.15) is 36.4 Å². The lowest BCUT2D eigenvalue weighted by atomic mass is 9.77. The highest BCUT2D eigenvalue weighted by Gasteiger charge is 2.38. The topological polar surface area (TPSA) is 67.4 Å². The minimum atomic E-state index is -3.70. The van der Waals surface area contributed by atoms with Crippen molar-refractivity contribution in [1.29, 1.82) is 0 Å². The molecule has 0 amide bonds. The van der Waals surface area contributed by atoms with Crippen LogP contribution in [0.25, 0.3) is 0 Å². The van der Waals surface area contributed by atoms with Crippen LogP contribution in [-0.4, -0.2) is 15.0 Å². The van der Waals surface area contributed by atoms with Gasteiger partial charge < -0.3 is 10.1 Å². The summed E-state index contributed by atoms with van der Waals surface area (Å²) in [7, 11) is -3.70. The number of rotatable bonds is 6. The van der Waals surface area contributed by atoms with Crippen molar-refractivity contribution in [1.82, 2.24) is 0 Å². The summed E-state index contributed by atoms with van der Waals surface area (Å²) in [6.07, 6.45) is 5.36. The van der Waals surface area contributed by atoms with Crippen LogP contribution in [0, 0.1) is 5.92 Å². The van der Waals surface area contributed by atoms with Crippen LogP contribution in [0.4, 0.5) is 11.4 Å². The van der Waals surface area contributed by atoms with E-state index in [1.165, 1.54) is 5.56 Å². The van der Waals surface area contributed by atoms with Gasteiger partial charge in [-0.3, -0.25) is 4.72 Å². The SMILES string of the molecule is CCOc1ccc([C@H]2Nc3ccc(S(=O)(=O)Nc4cccc(Br)c4)cc3[C@H]3C=CC[C@H]32)cc1.